The fourth-order valence-corrected chi connectivity index (χ4v) is 2.39. The van der Waals surface area contributed by atoms with E-state index in [2.05, 4.69) is 16.8 Å². The molecule has 1 saturated heterocycles. The number of piperazine rings is 1. The Balaban J connectivity index is 2.07. The number of rotatable bonds is 5. The van der Waals surface area contributed by atoms with Crippen molar-refractivity contribution in [2.75, 3.05) is 44.2 Å². The molecule has 0 atom stereocenters. The minimum atomic E-state index is -0.0000387. The van der Waals surface area contributed by atoms with Crippen LogP contribution in [0, 0.1) is 0 Å². The van der Waals surface area contributed by atoms with Crippen molar-refractivity contribution in [3.63, 3.8) is 0 Å². The highest BCUT2D eigenvalue weighted by Gasteiger charge is 2.20. The van der Waals surface area contributed by atoms with E-state index in [4.69, 9.17) is 5.11 Å². The first kappa shape index (κ1) is 14.0. The fraction of sp³-hybridized carbons (Fsp3) is 0.692. The number of aliphatic hydroxyl groups is 1. The van der Waals surface area contributed by atoms with Gasteiger partial charge in [0.15, 0.2) is 5.82 Å². The zero-order valence-corrected chi connectivity index (χ0v) is 11.5. The van der Waals surface area contributed by atoms with Crippen LogP contribution < -0.4 is 10.5 Å². The fourth-order valence-electron chi connectivity index (χ4n) is 2.39. The van der Waals surface area contributed by atoms with Gasteiger partial charge in [-0.2, -0.15) is 0 Å². The summed E-state index contributed by atoms with van der Waals surface area (Å²) in [6.07, 6.45) is 4.39. The molecule has 2 rings (SSSR count). The molecule has 6 heteroatoms. The van der Waals surface area contributed by atoms with Crippen LogP contribution in [0.4, 0.5) is 5.82 Å². The largest absolute Gasteiger partial charge is 0.395 e. The maximum Gasteiger partial charge on any atom is 0.293 e. The maximum absolute atomic E-state index is 12.3. The molecule has 0 saturated carbocycles. The van der Waals surface area contributed by atoms with Crippen molar-refractivity contribution < 1.29 is 5.11 Å². The van der Waals surface area contributed by atoms with Gasteiger partial charge in [0.05, 0.1) is 6.61 Å². The van der Waals surface area contributed by atoms with E-state index >= 15 is 0 Å². The molecule has 0 spiro atoms. The van der Waals surface area contributed by atoms with Crippen molar-refractivity contribution in [2.45, 2.75) is 19.9 Å². The summed E-state index contributed by atoms with van der Waals surface area (Å²) in [5, 5.41) is 8.92. The molecule has 1 fully saturated rings. The van der Waals surface area contributed by atoms with E-state index in [1.165, 1.54) is 0 Å². The summed E-state index contributed by atoms with van der Waals surface area (Å²) in [6, 6.07) is 0. The second kappa shape index (κ2) is 6.68. The Kier molecular flexibility index (Phi) is 4.93. The Bertz CT molecular complexity index is 452. The number of hydrogen-bond acceptors (Lipinski definition) is 5. The van der Waals surface area contributed by atoms with Gasteiger partial charge in [0.2, 0.25) is 0 Å². The number of aryl methyl sites for hydroxylation is 1. The zero-order valence-electron chi connectivity index (χ0n) is 11.5. The third-order valence-corrected chi connectivity index (χ3v) is 3.45. The summed E-state index contributed by atoms with van der Waals surface area (Å²) in [6.45, 7) is 6.99. The number of nitrogens with zero attached hydrogens (tertiary/aromatic N) is 4. The van der Waals surface area contributed by atoms with E-state index < -0.39 is 0 Å². The molecule has 1 aromatic heterocycles. The minimum absolute atomic E-state index is 0.0000387. The molecule has 0 radical (unpaired) electrons. The van der Waals surface area contributed by atoms with Gasteiger partial charge in [-0.25, -0.2) is 4.98 Å². The average Bonchev–Trinajstić information content (AvgIpc) is 2.43. The van der Waals surface area contributed by atoms with Gasteiger partial charge in [0.25, 0.3) is 5.56 Å². The van der Waals surface area contributed by atoms with E-state index in [1.807, 2.05) is 4.90 Å². The lowest BCUT2D eigenvalue weighted by molar-refractivity contribution is 0.188. The summed E-state index contributed by atoms with van der Waals surface area (Å²) >= 11 is 0. The molecule has 19 heavy (non-hydrogen) atoms. The van der Waals surface area contributed by atoms with E-state index in [0.717, 1.165) is 39.1 Å². The Labute approximate surface area is 113 Å². The third-order valence-electron chi connectivity index (χ3n) is 3.45. The van der Waals surface area contributed by atoms with Gasteiger partial charge in [-0.15, -0.1) is 0 Å². The molecule has 6 nitrogen and oxygen atoms in total. The highest BCUT2D eigenvalue weighted by atomic mass is 16.3. The number of aromatic nitrogens is 2. The smallest absolute Gasteiger partial charge is 0.293 e. The molecular formula is C13H22N4O2. The summed E-state index contributed by atoms with van der Waals surface area (Å²) in [7, 11) is 0. The second-order valence-electron chi connectivity index (χ2n) is 4.80. The lowest BCUT2D eigenvalue weighted by Crippen LogP contribution is -2.49. The molecule has 0 unspecified atom stereocenters. The van der Waals surface area contributed by atoms with Gasteiger partial charge < -0.3 is 14.6 Å². The monoisotopic (exact) mass is 266 g/mol. The minimum Gasteiger partial charge on any atom is -0.395 e. The first-order valence-electron chi connectivity index (χ1n) is 6.90. The highest BCUT2D eigenvalue weighted by Crippen LogP contribution is 2.08. The molecule has 1 aliphatic rings. The molecule has 106 valence electrons. The van der Waals surface area contributed by atoms with Crippen LogP contribution in [0.25, 0.3) is 0 Å². The van der Waals surface area contributed by atoms with Gasteiger partial charge in [-0.1, -0.05) is 6.92 Å². The highest BCUT2D eigenvalue weighted by molar-refractivity contribution is 5.36. The van der Waals surface area contributed by atoms with Crippen LogP contribution in [0.2, 0.25) is 0 Å². The van der Waals surface area contributed by atoms with E-state index in [9.17, 15) is 4.79 Å². The molecule has 0 amide bonds. The van der Waals surface area contributed by atoms with Crippen molar-refractivity contribution >= 4 is 5.82 Å². The first-order valence-corrected chi connectivity index (χ1v) is 6.90. The van der Waals surface area contributed by atoms with Crippen molar-refractivity contribution in [2.24, 2.45) is 0 Å². The zero-order chi connectivity index (χ0) is 13.7. The number of β-amino-alcohol motifs (C(OH)–C–C–N with tert-alkyl or cyclic N) is 1. The van der Waals surface area contributed by atoms with Gasteiger partial charge in [0.1, 0.15) is 0 Å². The molecule has 0 aliphatic carbocycles. The summed E-state index contributed by atoms with van der Waals surface area (Å²) in [5.74, 6) is 0.555. The van der Waals surface area contributed by atoms with Crippen molar-refractivity contribution in [3.05, 3.63) is 22.7 Å². The first-order chi connectivity index (χ1) is 9.26. The summed E-state index contributed by atoms with van der Waals surface area (Å²) < 4.78 is 1.72. The standard InChI is InChI=1S/C13H22N4O2/c1-2-4-17-5-3-14-12(13(17)19)16-8-6-15(7-9-16)10-11-18/h3,5,18H,2,4,6-11H2,1H3. The van der Waals surface area contributed by atoms with Crippen LogP contribution in [0.1, 0.15) is 13.3 Å². The van der Waals surface area contributed by atoms with E-state index in [-0.39, 0.29) is 12.2 Å². The molecule has 1 N–H and O–H groups in total. The summed E-state index contributed by atoms with van der Waals surface area (Å²) in [4.78, 5) is 20.8. The number of aliphatic hydroxyl groups excluding tert-OH is 1. The van der Waals surface area contributed by atoms with Crippen LogP contribution in [-0.2, 0) is 6.54 Å². The Morgan fingerprint density at radius 2 is 2.00 bits per heavy atom. The van der Waals surface area contributed by atoms with Gasteiger partial charge in [0, 0.05) is 51.7 Å². The molecule has 0 bridgehead atoms. The Morgan fingerprint density at radius 1 is 1.26 bits per heavy atom. The van der Waals surface area contributed by atoms with E-state index in [1.54, 1.807) is 17.0 Å². The van der Waals surface area contributed by atoms with Gasteiger partial charge in [-0.05, 0) is 6.42 Å². The molecule has 1 aromatic rings. The third kappa shape index (κ3) is 3.33. The molecule has 2 heterocycles. The summed E-state index contributed by atoms with van der Waals surface area (Å²) in [5.41, 5.74) is -0.0000387. The van der Waals surface area contributed by atoms with Crippen LogP contribution >= 0.6 is 0 Å². The second-order valence-corrected chi connectivity index (χ2v) is 4.80. The average molecular weight is 266 g/mol. The Morgan fingerprint density at radius 3 is 2.63 bits per heavy atom. The SMILES string of the molecule is CCCn1ccnc(N2CCN(CCO)CC2)c1=O. The van der Waals surface area contributed by atoms with Crippen LogP contribution in [-0.4, -0.2) is 58.9 Å². The maximum atomic E-state index is 12.3. The lowest BCUT2D eigenvalue weighted by Gasteiger charge is -2.34. The lowest BCUT2D eigenvalue weighted by atomic mass is 10.3. The van der Waals surface area contributed by atoms with Crippen LogP contribution in [0.15, 0.2) is 17.2 Å². The normalized spacial score (nSPS) is 16.8. The van der Waals surface area contributed by atoms with Crippen molar-refractivity contribution in [1.82, 2.24) is 14.5 Å². The Hall–Kier alpha value is -1.40. The van der Waals surface area contributed by atoms with Gasteiger partial charge >= 0.3 is 0 Å². The van der Waals surface area contributed by atoms with Crippen molar-refractivity contribution in [1.29, 1.82) is 0 Å². The van der Waals surface area contributed by atoms with E-state index in [0.29, 0.717) is 12.4 Å². The predicted molar refractivity (Wildman–Crippen MR) is 74.5 cm³/mol. The quantitative estimate of drug-likeness (QED) is 0.797. The topological polar surface area (TPSA) is 61.6 Å². The molecular weight excluding hydrogens is 244 g/mol. The van der Waals surface area contributed by atoms with Gasteiger partial charge in [-0.3, -0.25) is 9.69 Å². The van der Waals surface area contributed by atoms with Crippen LogP contribution in [0.5, 0.6) is 0 Å². The van der Waals surface area contributed by atoms with Crippen LogP contribution in [0.3, 0.4) is 0 Å². The predicted octanol–water partition coefficient (Wildman–Crippen LogP) is -0.232. The molecule has 0 aromatic carbocycles. The van der Waals surface area contributed by atoms with Crippen molar-refractivity contribution in [3.8, 4) is 0 Å². The number of hydrogen-bond donors (Lipinski definition) is 1. The number of anilines is 1. The molecule has 1 aliphatic heterocycles.